The molecule has 0 radical (unpaired) electrons. The maximum atomic E-state index is 11.9. The predicted octanol–water partition coefficient (Wildman–Crippen LogP) is -0.0366. The molecule has 20 heavy (non-hydrogen) atoms. The molecule has 1 amide bonds. The first-order valence-corrected chi connectivity index (χ1v) is 7.07. The summed E-state index contributed by atoms with van der Waals surface area (Å²) in [7, 11) is 2.12. The number of amides is 1. The summed E-state index contributed by atoms with van der Waals surface area (Å²) in [6.07, 6.45) is 1.08. The quantitative estimate of drug-likeness (QED) is 0.809. The summed E-state index contributed by atoms with van der Waals surface area (Å²) in [6.45, 7) is 4.40. The Morgan fingerprint density at radius 1 is 1.20 bits per heavy atom. The van der Waals surface area contributed by atoms with E-state index in [1.807, 2.05) is 30.3 Å². The Hall–Kier alpha value is -1.43. The topological polar surface area (TPSA) is 75.6 Å². The lowest BCUT2D eigenvalue weighted by Gasteiger charge is -2.32. The van der Waals surface area contributed by atoms with Gasteiger partial charge in [-0.1, -0.05) is 30.3 Å². The van der Waals surface area contributed by atoms with Crippen LogP contribution in [0.5, 0.6) is 0 Å². The standard InChI is InChI=1S/C15H24N4O/c1-18-8-5-9-19(11-10-18)12-15(17,14(16)20)13-6-3-2-4-7-13/h2-4,6-7H,5,8-12,17H2,1H3,(H2,16,20). The Bertz CT molecular complexity index is 450. The molecule has 1 atom stereocenters. The van der Waals surface area contributed by atoms with Crippen LogP contribution in [0.3, 0.4) is 0 Å². The molecular weight excluding hydrogens is 252 g/mol. The summed E-state index contributed by atoms with van der Waals surface area (Å²) >= 11 is 0. The largest absolute Gasteiger partial charge is 0.368 e. The zero-order valence-electron chi connectivity index (χ0n) is 12.1. The molecule has 1 unspecified atom stereocenters. The summed E-state index contributed by atoms with van der Waals surface area (Å²) in [5.41, 5.74) is 11.6. The zero-order valence-corrected chi connectivity index (χ0v) is 12.1. The van der Waals surface area contributed by atoms with Crippen molar-refractivity contribution >= 4 is 5.91 Å². The lowest BCUT2D eigenvalue weighted by molar-refractivity contribution is -0.124. The number of hydrogen-bond acceptors (Lipinski definition) is 4. The van der Waals surface area contributed by atoms with Gasteiger partial charge in [-0.25, -0.2) is 0 Å². The smallest absolute Gasteiger partial charge is 0.243 e. The van der Waals surface area contributed by atoms with E-state index in [0.29, 0.717) is 6.54 Å². The number of hydrogen-bond donors (Lipinski definition) is 2. The second-order valence-electron chi connectivity index (χ2n) is 5.63. The van der Waals surface area contributed by atoms with E-state index in [-0.39, 0.29) is 0 Å². The van der Waals surface area contributed by atoms with Gasteiger partial charge in [-0.15, -0.1) is 0 Å². The Kier molecular flexibility index (Phi) is 4.75. The lowest BCUT2D eigenvalue weighted by atomic mass is 9.89. The first-order valence-electron chi connectivity index (χ1n) is 7.07. The van der Waals surface area contributed by atoms with Crippen molar-refractivity contribution in [3.63, 3.8) is 0 Å². The van der Waals surface area contributed by atoms with Gasteiger partial charge in [-0.05, 0) is 32.1 Å². The van der Waals surface area contributed by atoms with Gasteiger partial charge in [0.25, 0.3) is 0 Å². The van der Waals surface area contributed by atoms with Crippen LogP contribution in [-0.2, 0) is 10.3 Å². The fraction of sp³-hybridized carbons (Fsp3) is 0.533. The number of primary amides is 1. The third kappa shape index (κ3) is 3.36. The highest BCUT2D eigenvalue weighted by Gasteiger charge is 2.36. The molecule has 4 N–H and O–H groups in total. The van der Waals surface area contributed by atoms with Gasteiger partial charge in [0, 0.05) is 19.6 Å². The van der Waals surface area contributed by atoms with Crippen molar-refractivity contribution in [2.75, 3.05) is 39.8 Å². The van der Waals surface area contributed by atoms with Crippen molar-refractivity contribution < 1.29 is 4.79 Å². The van der Waals surface area contributed by atoms with Crippen molar-refractivity contribution in [3.05, 3.63) is 35.9 Å². The average Bonchev–Trinajstić information content (AvgIpc) is 2.64. The van der Waals surface area contributed by atoms with Gasteiger partial charge in [0.2, 0.25) is 5.91 Å². The fourth-order valence-corrected chi connectivity index (χ4v) is 2.66. The molecule has 0 spiro atoms. The molecule has 1 fully saturated rings. The average molecular weight is 276 g/mol. The van der Waals surface area contributed by atoms with E-state index in [1.165, 1.54) is 0 Å². The van der Waals surface area contributed by atoms with E-state index in [2.05, 4.69) is 16.8 Å². The molecule has 1 heterocycles. The molecule has 1 aliphatic rings. The summed E-state index contributed by atoms with van der Waals surface area (Å²) in [5.74, 6) is -0.471. The van der Waals surface area contributed by atoms with Gasteiger partial charge in [0.1, 0.15) is 5.54 Å². The maximum Gasteiger partial charge on any atom is 0.243 e. The summed E-state index contributed by atoms with van der Waals surface area (Å²) in [6, 6.07) is 9.42. The van der Waals surface area contributed by atoms with Crippen molar-refractivity contribution in [2.45, 2.75) is 12.0 Å². The van der Waals surface area contributed by atoms with Gasteiger partial charge in [0.15, 0.2) is 0 Å². The van der Waals surface area contributed by atoms with E-state index < -0.39 is 11.4 Å². The molecule has 0 aromatic heterocycles. The molecular formula is C15H24N4O. The Balaban J connectivity index is 2.15. The third-order valence-corrected chi connectivity index (χ3v) is 4.01. The summed E-state index contributed by atoms with van der Waals surface area (Å²) in [5, 5.41) is 0. The minimum atomic E-state index is -1.12. The van der Waals surface area contributed by atoms with E-state index in [4.69, 9.17) is 11.5 Å². The number of rotatable bonds is 4. The van der Waals surface area contributed by atoms with Gasteiger partial charge in [0.05, 0.1) is 0 Å². The van der Waals surface area contributed by atoms with Crippen molar-refractivity contribution in [1.82, 2.24) is 9.80 Å². The van der Waals surface area contributed by atoms with Crippen LogP contribution in [0.2, 0.25) is 0 Å². The molecule has 110 valence electrons. The molecule has 0 aliphatic carbocycles. The normalized spacial score (nSPS) is 21.1. The number of likely N-dealkylation sites (N-methyl/N-ethyl adjacent to an activating group) is 1. The molecule has 1 saturated heterocycles. The molecule has 2 rings (SSSR count). The van der Waals surface area contributed by atoms with E-state index in [9.17, 15) is 4.79 Å². The number of carbonyl (C=O) groups is 1. The molecule has 1 aromatic rings. The lowest BCUT2D eigenvalue weighted by Crippen LogP contribution is -2.56. The first kappa shape index (κ1) is 15.0. The molecule has 1 aromatic carbocycles. The molecule has 5 nitrogen and oxygen atoms in total. The van der Waals surface area contributed by atoms with E-state index in [0.717, 1.165) is 38.2 Å². The van der Waals surface area contributed by atoms with Gasteiger partial charge in [-0.2, -0.15) is 0 Å². The minimum Gasteiger partial charge on any atom is -0.368 e. The van der Waals surface area contributed by atoms with Crippen molar-refractivity contribution in [3.8, 4) is 0 Å². The van der Waals surface area contributed by atoms with E-state index in [1.54, 1.807) is 0 Å². The highest BCUT2D eigenvalue weighted by atomic mass is 16.1. The SMILES string of the molecule is CN1CCCN(CC(N)(C(N)=O)c2ccccc2)CC1. The Morgan fingerprint density at radius 2 is 1.90 bits per heavy atom. The Labute approximate surface area is 120 Å². The second-order valence-corrected chi connectivity index (χ2v) is 5.63. The van der Waals surface area contributed by atoms with Crippen LogP contribution in [0.1, 0.15) is 12.0 Å². The number of nitrogens with zero attached hydrogens (tertiary/aromatic N) is 2. The van der Waals surface area contributed by atoms with Gasteiger partial charge >= 0.3 is 0 Å². The van der Waals surface area contributed by atoms with Crippen molar-refractivity contribution in [2.24, 2.45) is 11.5 Å². The Morgan fingerprint density at radius 3 is 2.55 bits per heavy atom. The third-order valence-electron chi connectivity index (χ3n) is 4.01. The van der Waals surface area contributed by atoms with Crippen LogP contribution in [0, 0.1) is 0 Å². The number of benzene rings is 1. The molecule has 0 saturated carbocycles. The van der Waals surface area contributed by atoms with Crippen LogP contribution >= 0.6 is 0 Å². The van der Waals surface area contributed by atoms with Crippen molar-refractivity contribution in [1.29, 1.82) is 0 Å². The number of nitrogens with two attached hydrogens (primary N) is 2. The zero-order chi connectivity index (χ0) is 14.6. The number of carbonyl (C=O) groups excluding carboxylic acids is 1. The van der Waals surface area contributed by atoms with Crippen LogP contribution in [-0.4, -0.2) is 55.5 Å². The van der Waals surface area contributed by atoms with Crippen LogP contribution < -0.4 is 11.5 Å². The van der Waals surface area contributed by atoms with Crippen LogP contribution in [0.15, 0.2) is 30.3 Å². The first-order chi connectivity index (χ1) is 9.52. The highest BCUT2D eigenvalue weighted by Crippen LogP contribution is 2.20. The monoisotopic (exact) mass is 276 g/mol. The van der Waals surface area contributed by atoms with Crippen LogP contribution in [0.25, 0.3) is 0 Å². The van der Waals surface area contributed by atoms with Gasteiger partial charge < -0.3 is 16.4 Å². The maximum absolute atomic E-state index is 11.9. The highest BCUT2D eigenvalue weighted by molar-refractivity contribution is 5.86. The van der Waals surface area contributed by atoms with Gasteiger partial charge in [-0.3, -0.25) is 9.69 Å². The van der Waals surface area contributed by atoms with Crippen LogP contribution in [0.4, 0.5) is 0 Å². The minimum absolute atomic E-state index is 0.471. The molecule has 5 heteroatoms. The second kappa shape index (κ2) is 6.35. The summed E-state index contributed by atoms with van der Waals surface area (Å²) < 4.78 is 0. The summed E-state index contributed by atoms with van der Waals surface area (Å²) in [4.78, 5) is 16.4. The molecule has 1 aliphatic heterocycles. The molecule has 0 bridgehead atoms. The predicted molar refractivity (Wildman–Crippen MR) is 80.1 cm³/mol. The fourth-order valence-electron chi connectivity index (χ4n) is 2.66. The van der Waals surface area contributed by atoms with E-state index >= 15 is 0 Å².